The molecule has 2 aromatic carbocycles. The van der Waals surface area contributed by atoms with E-state index in [2.05, 4.69) is 4.98 Å². The number of rotatable bonds is 5. The number of nitro benzene ring substituents is 1. The van der Waals surface area contributed by atoms with Gasteiger partial charge in [0.15, 0.2) is 0 Å². The van der Waals surface area contributed by atoms with E-state index in [9.17, 15) is 10.1 Å². The summed E-state index contributed by atoms with van der Waals surface area (Å²) in [4.78, 5) is 14.7. The van der Waals surface area contributed by atoms with E-state index in [1.165, 1.54) is 23.5 Å². The zero-order chi connectivity index (χ0) is 16.2. The summed E-state index contributed by atoms with van der Waals surface area (Å²) in [7, 11) is 0. The standard InChI is InChI=1S/C16H11ClN2O3S/c17-15-4-2-1-3-14(15)16-18-11(10-23-16)9-22-13-7-5-12(6-8-13)19(20)21/h1-8,10H,9H2. The molecule has 0 fully saturated rings. The van der Waals surface area contributed by atoms with Crippen LogP contribution < -0.4 is 4.74 Å². The van der Waals surface area contributed by atoms with Crippen LogP contribution >= 0.6 is 22.9 Å². The Morgan fingerprint density at radius 3 is 2.61 bits per heavy atom. The Morgan fingerprint density at radius 1 is 1.17 bits per heavy atom. The van der Waals surface area contributed by atoms with E-state index in [0.717, 1.165) is 16.3 Å². The van der Waals surface area contributed by atoms with Crippen LogP contribution in [0.1, 0.15) is 5.69 Å². The molecule has 0 saturated heterocycles. The second-order valence-electron chi connectivity index (χ2n) is 4.66. The zero-order valence-electron chi connectivity index (χ0n) is 11.8. The van der Waals surface area contributed by atoms with Gasteiger partial charge < -0.3 is 4.74 Å². The first-order valence-electron chi connectivity index (χ1n) is 6.70. The molecule has 0 radical (unpaired) electrons. The van der Waals surface area contributed by atoms with Crippen LogP contribution in [-0.4, -0.2) is 9.91 Å². The molecule has 0 unspecified atom stereocenters. The summed E-state index contributed by atoms with van der Waals surface area (Å²) >= 11 is 7.66. The van der Waals surface area contributed by atoms with Gasteiger partial charge in [-0.25, -0.2) is 4.98 Å². The second kappa shape index (κ2) is 6.76. The Bertz CT molecular complexity index is 833. The highest BCUT2D eigenvalue weighted by Crippen LogP contribution is 2.30. The van der Waals surface area contributed by atoms with Gasteiger partial charge in [0, 0.05) is 23.1 Å². The van der Waals surface area contributed by atoms with E-state index in [0.29, 0.717) is 17.4 Å². The lowest BCUT2D eigenvalue weighted by Gasteiger charge is -2.03. The smallest absolute Gasteiger partial charge is 0.269 e. The molecule has 0 aliphatic rings. The third-order valence-corrected chi connectivity index (χ3v) is 4.34. The molecule has 0 saturated carbocycles. The number of nitro groups is 1. The number of ether oxygens (including phenoxy) is 1. The molecule has 3 rings (SSSR count). The van der Waals surface area contributed by atoms with Crippen molar-refractivity contribution in [2.75, 3.05) is 0 Å². The molecule has 1 aromatic heterocycles. The number of halogens is 1. The van der Waals surface area contributed by atoms with Gasteiger partial charge in [0.25, 0.3) is 5.69 Å². The lowest BCUT2D eigenvalue weighted by atomic mass is 10.2. The highest BCUT2D eigenvalue weighted by molar-refractivity contribution is 7.13. The van der Waals surface area contributed by atoms with Crippen molar-refractivity contribution in [2.24, 2.45) is 0 Å². The minimum atomic E-state index is -0.444. The lowest BCUT2D eigenvalue weighted by molar-refractivity contribution is -0.384. The third kappa shape index (κ3) is 3.67. The topological polar surface area (TPSA) is 65.3 Å². The van der Waals surface area contributed by atoms with Gasteiger partial charge in [-0.05, 0) is 18.2 Å². The maximum absolute atomic E-state index is 10.6. The summed E-state index contributed by atoms with van der Waals surface area (Å²) < 4.78 is 5.59. The number of aromatic nitrogens is 1. The summed E-state index contributed by atoms with van der Waals surface area (Å²) in [6.45, 7) is 0.290. The molecule has 0 atom stereocenters. The third-order valence-electron chi connectivity index (χ3n) is 3.09. The molecule has 7 heteroatoms. The maximum Gasteiger partial charge on any atom is 0.269 e. The lowest BCUT2D eigenvalue weighted by Crippen LogP contribution is -1.96. The Labute approximate surface area is 141 Å². The fourth-order valence-electron chi connectivity index (χ4n) is 1.95. The SMILES string of the molecule is O=[N+]([O-])c1ccc(OCc2csc(-c3ccccc3Cl)n2)cc1. The van der Waals surface area contributed by atoms with Crippen molar-refractivity contribution in [3.63, 3.8) is 0 Å². The normalized spacial score (nSPS) is 10.5. The molecular weight excluding hydrogens is 336 g/mol. The molecule has 0 aliphatic heterocycles. The van der Waals surface area contributed by atoms with E-state index >= 15 is 0 Å². The van der Waals surface area contributed by atoms with Crippen LogP contribution in [0.4, 0.5) is 5.69 Å². The zero-order valence-corrected chi connectivity index (χ0v) is 13.4. The van der Waals surface area contributed by atoms with Gasteiger partial charge in [-0.3, -0.25) is 10.1 Å². The van der Waals surface area contributed by atoms with Crippen LogP contribution in [0.15, 0.2) is 53.9 Å². The van der Waals surface area contributed by atoms with Gasteiger partial charge >= 0.3 is 0 Å². The molecule has 0 amide bonds. The Balaban J connectivity index is 1.68. The van der Waals surface area contributed by atoms with Crippen molar-refractivity contribution >= 4 is 28.6 Å². The van der Waals surface area contributed by atoms with Crippen molar-refractivity contribution in [1.29, 1.82) is 0 Å². The van der Waals surface area contributed by atoms with Gasteiger partial charge in [0.2, 0.25) is 0 Å². The Hall–Kier alpha value is -2.44. The van der Waals surface area contributed by atoms with E-state index in [1.54, 1.807) is 12.1 Å². The monoisotopic (exact) mass is 346 g/mol. The Kier molecular flexibility index (Phi) is 4.55. The van der Waals surface area contributed by atoms with Gasteiger partial charge in [-0.2, -0.15) is 0 Å². The summed E-state index contributed by atoms with van der Waals surface area (Å²) in [5.74, 6) is 0.558. The largest absolute Gasteiger partial charge is 0.487 e. The summed E-state index contributed by atoms with van der Waals surface area (Å²) in [5, 5.41) is 14.0. The van der Waals surface area contributed by atoms with E-state index in [4.69, 9.17) is 16.3 Å². The summed E-state index contributed by atoms with van der Waals surface area (Å²) in [6.07, 6.45) is 0. The number of hydrogen-bond acceptors (Lipinski definition) is 5. The minimum Gasteiger partial charge on any atom is -0.487 e. The van der Waals surface area contributed by atoms with Crippen LogP contribution in [0.25, 0.3) is 10.6 Å². The minimum absolute atomic E-state index is 0.0343. The van der Waals surface area contributed by atoms with Gasteiger partial charge in [0.1, 0.15) is 17.4 Å². The first-order chi connectivity index (χ1) is 11.1. The van der Waals surface area contributed by atoms with E-state index < -0.39 is 4.92 Å². The molecular formula is C16H11ClN2O3S. The quantitative estimate of drug-likeness (QED) is 0.484. The molecule has 0 spiro atoms. The predicted molar refractivity (Wildman–Crippen MR) is 90.0 cm³/mol. The highest BCUT2D eigenvalue weighted by Gasteiger charge is 2.09. The fraction of sp³-hybridized carbons (Fsp3) is 0.0625. The Morgan fingerprint density at radius 2 is 1.91 bits per heavy atom. The van der Waals surface area contributed by atoms with Crippen LogP contribution in [0.3, 0.4) is 0 Å². The number of benzene rings is 2. The van der Waals surface area contributed by atoms with Crippen molar-refractivity contribution in [2.45, 2.75) is 6.61 Å². The van der Waals surface area contributed by atoms with Crippen molar-refractivity contribution in [1.82, 2.24) is 4.98 Å². The first-order valence-corrected chi connectivity index (χ1v) is 7.96. The van der Waals surface area contributed by atoms with Crippen LogP contribution in [0, 0.1) is 10.1 Å². The fourth-order valence-corrected chi connectivity index (χ4v) is 3.08. The van der Waals surface area contributed by atoms with Gasteiger partial charge in [-0.1, -0.05) is 29.8 Å². The van der Waals surface area contributed by atoms with Gasteiger partial charge in [0.05, 0.1) is 15.6 Å². The molecule has 0 N–H and O–H groups in total. The van der Waals surface area contributed by atoms with Crippen LogP contribution in [-0.2, 0) is 6.61 Å². The number of thiazole rings is 1. The molecule has 5 nitrogen and oxygen atoms in total. The van der Waals surface area contributed by atoms with Crippen molar-refractivity contribution in [3.8, 4) is 16.3 Å². The molecule has 0 bridgehead atoms. The molecule has 1 heterocycles. The van der Waals surface area contributed by atoms with Gasteiger partial charge in [-0.15, -0.1) is 11.3 Å². The van der Waals surface area contributed by atoms with Crippen LogP contribution in [0.5, 0.6) is 5.75 Å². The highest BCUT2D eigenvalue weighted by atomic mass is 35.5. The molecule has 23 heavy (non-hydrogen) atoms. The number of non-ortho nitro benzene ring substituents is 1. The second-order valence-corrected chi connectivity index (χ2v) is 5.93. The molecule has 116 valence electrons. The maximum atomic E-state index is 10.6. The first kappa shape index (κ1) is 15.5. The number of nitrogens with zero attached hydrogens (tertiary/aromatic N) is 2. The van der Waals surface area contributed by atoms with E-state index in [1.807, 2.05) is 29.6 Å². The van der Waals surface area contributed by atoms with E-state index in [-0.39, 0.29) is 5.69 Å². The molecule has 0 aliphatic carbocycles. The van der Waals surface area contributed by atoms with Crippen molar-refractivity contribution < 1.29 is 9.66 Å². The average molecular weight is 347 g/mol. The van der Waals surface area contributed by atoms with Crippen molar-refractivity contribution in [3.05, 3.63) is 74.7 Å². The van der Waals surface area contributed by atoms with Crippen LogP contribution in [0.2, 0.25) is 5.02 Å². The summed E-state index contributed by atoms with van der Waals surface area (Å²) in [6, 6.07) is 13.5. The average Bonchev–Trinajstić information content (AvgIpc) is 3.02. The summed E-state index contributed by atoms with van der Waals surface area (Å²) in [5.41, 5.74) is 1.70. The molecule has 3 aromatic rings. The number of hydrogen-bond donors (Lipinski definition) is 0. The predicted octanol–water partition coefficient (Wildman–Crippen LogP) is 4.95.